The third-order valence-corrected chi connectivity index (χ3v) is 3.62. The molecule has 21 heavy (non-hydrogen) atoms. The summed E-state index contributed by atoms with van der Waals surface area (Å²) in [5.41, 5.74) is 0.634. The van der Waals surface area contributed by atoms with Gasteiger partial charge in [-0.25, -0.2) is 9.37 Å². The maximum atomic E-state index is 12.9. The van der Waals surface area contributed by atoms with E-state index in [1.54, 1.807) is 5.38 Å². The summed E-state index contributed by atoms with van der Waals surface area (Å²) in [7, 11) is 1.29. The normalized spacial score (nSPS) is 10.2. The fourth-order valence-corrected chi connectivity index (χ4v) is 2.46. The Morgan fingerprint density at radius 1 is 1.48 bits per heavy atom. The van der Waals surface area contributed by atoms with Crippen molar-refractivity contribution in [3.63, 3.8) is 0 Å². The maximum absolute atomic E-state index is 12.9. The molecule has 2 aromatic rings. The molecule has 0 aliphatic heterocycles. The molecule has 0 aliphatic carbocycles. The van der Waals surface area contributed by atoms with E-state index in [0.29, 0.717) is 10.8 Å². The number of anilines is 1. The highest BCUT2D eigenvalue weighted by Crippen LogP contribution is 2.21. The lowest BCUT2D eigenvalue weighted by Crippen LogP contribution is -2.12. The smallest absolute Gasteiger partial charge is 0.311 e. The van der Waals surface area contributed by atoms with E-state index >= 15 is 0 Å². The second kappa shape index (κ2) is 6.64. The number of amides is 1. The van der Waals surface area contributed by atoms with E-state index < -0.39 is 17.7 Å². The quantitative estimate of drug-likeness (QED) is 0.876. The van der Waals surface area contributed by atoms with E-state index in [2.05, 4.69) is 15.0 Å². The zero-order valence-corrected chi connectivity index (χ0v) is 12.4. The van der Waals surface area contributed by atoms with Crippen LogP contribution < -0.4 is 5.32 Å². The van der Waals surface area contributed by atoms with E-state index in [9.17, 15) is 14.0 Å². The lowest BCUT2D eigenvalue weighted by molar-refractivity contribution is -0.139. The number of nitrogens with zero attached hydrogens (tertiary/aromatic N) is 1. The predicted octanol–water partition coefficient (Wildman–Crippen LogP) is 2.90. The van der Waals surface area contributed by atoms with Crippen molar-refractivity contribution in [1.82, 2.24) is 4.98 Å². The molecular formula is C13H10ClFN2O3S. The molecule has 1 aromatic heterocycles. The van der Waals surface area contributed by atoms with E-state index in [0.717, 1.165) is 12.1 Å². The minimum atomic E-state index is -0.522. The van der Waals surface area contributed by atoms with Gasteiger partial charge in [0.25, 0.3) is 5.91 Å². The molecule has 0 fully saturated rings. The molecule has 2 rings (SSSR count). The number of halogens is 2. The molecular weight excluding hydrogens is 319 g/mol. The molecule has 1 aromatic carbocycles. The fourth-order valence-electron chi connectivity index (χ4n) is 1.50. The molecule has 0 saturated carbocycles. The number of esters is 1. The van der Waals surface area contributed by atoms with Gasteiger partial charge in [0.05, 0.1) is 29.8 Å². The van der Waals surface area contributed by atoms with Crippen LogP contribution in [0.15, 0.2) is 23.6 Å². The molecule has 0 radical (unpaired) electrons. The highest BCUT2D eigenvalue weighted by molar-refractivity contribution is 7.14. The Morgan fingerprint density at radius 3 is 2.90 bits per heavy atom. The third-order valence-electron chi connectivity index (χ3n) is 2.50. The zero-order valence-electron chi connectivity index (χ0n) is 10.9. The van der Waals surface area contributed by atoms with Crippen molar-refractivity contribution in [3.05, 3.63) is 45.7 Å². The topological polar surface area (TPSA) is 68.3 Å². The average molecular weight is 329 g/mol. The van der Waals surface area contributed by atoms with Crippen LogP contribution in [-0.2, 0) is 16.0 Å². The van der Waals surface area contributed by atoms with Crippen LogP contribution in [0, 0.1) is 5.82 Å². The third kappa shape index (κ3) is 3.99. The van der Waals surface area contributed by atoms with Crippen LogP contribution in [0.4, 0.5) is 9.52 Å². The number of carbonyl (C=O) groups excluding carboxylic acids is 2. The van der Waals surface area contributed by atoms with Crippen molar-refractivity contribution in [3.8, 4) is 0 Å². The summed E-state index contributed by atoms with van der Waals surface area (Å²) in [6.07, 6.45) is 0.0280. The summed E-state index contributed by atoms with van der Waals surface area (Å²) in [4.78, 5) is 27.2. The van der Waals surface area contributed by atoms with Crippen molar-refractivity contribution < 1.29 is 18.7 Å². The number of carbonyl (C=O) groups is 2. The molecule has 8 heteroatoms. The van der Waals surface area contributed by atoms with Gasteiger partial charge in [-0.05, 0) is 18.2 Å². The van der Waals surface area contributed by atoms with Gasteiger partial charge in [0, 0.05) is 5.38 Å². The first-order valence-electron chi connectivity index (χ1n) is 5.77. The summed E-state index contributed by atoms with van der Waals surface area (Å²) < 4.78 is 17.5. The van der Waals surface area contributed by atoms with Crippen LogP contribution in [0.3, 0.4) is 0 Å². The Morgan fingerprint density at radius 2 is 2.24 bits per heavy atom. The molecule has 0 spiro atoms. The first-order valence-corrected chi connectivity index (χ1v) is 7.03. The van der Waals surface area contributed by atoms with Gasteiger partial charge in [0.15, 0.2) is 5.13 Å². The van der Waals surface area contributed by atoms with Gasteiger partial charge >= 0.3 is 5.97 Å². The number of rotatable bonds is 4. The largest absolute Gasteiger partial charge is 0.469 e. The highest BCUT2D eigenvalue weighted by atomic mass is 35.5. The Labute approximate surface area is 128 Å². The molecule has 1 amide bonds. The Hall–Kier alpha value is -1.99. The number of benzene rings is 1. The number of nitrogens with one attached hydrogen (secondary N) is 1. The lowest BCUT2D eigenvalue weighted by atomic mass is 10.2. The second-order valence-electron chi connectivity index (χ2n) is 3.98. The zero-order chi connectivity index (χ0) is 15.4. The minimum Gasteiger partial charge on any atom is -0.469 e. The van der Waals surface area contributed by atoms with Crippen LogP contribution >= 0.6 is 22.9 Å². The monoisotopic (exact) mass is 328 g/mol. The van der Waals surface area contributed by atoms with Crippen LogP contribution in [0.2, 0.25) is 5.02 Å². The van der Waals surface area contributed by atoms with Crippen LogP contribution in [-0.4, -0.2) is 24.0 Å². The van der Waals surface area contributed by atoms with E-state index in [1.165, 1.54) is 24.5 Å². The van der Waals surface area contributed by atoms with Gasteiger partial charge in [-0.3, -0.25) is 14.9 Å². The number of hydrogen-bond donors (Lipinski definition) is 1. The van der Waals surface area contributed by atoms with Crippen molar-refractivity contribution in [2.24, 2.45) is 0 Å². The summed E-state index contributed by atoms with van der Waals surface area (Å²) in [6.45, 7) is 0. The average Bonchev–Trinajstić information content (AvgIpc) is 2.85. The second-order valence-corrected chi connectivity index (χ2v) is 5.24. The van der Waals surface area contributed by atoms with Gasteiger partial charge in [-0.15, -0.1) is 11.3 Å². The molecule has 1 heterocycles. The summed E-state index contributed by atoms with van der Waals surface area (Å²) >= 11 is 6.97. The molecule has 1 N–H and O–H groups in total. The standard InChI is InChI=1S/C13H10ClFN2O3S/c1-20-11(18)5-8-6-21-13(16-8)17-12(19)9-3-2-7(15)4-10(9)14/h2-4,6H,5H2,1H3,(H,16,17,19). The van der Waals surface area contributed by atoms with Gasteiger partial charge in [-0.2, -0.15) is 0 Å². The Kier molecular flexibility index (Phi) is 4.87. The molecule has 110 valence electrons. The number of hydrogen-bond acceptors (Lipinski definition) is 5. The fraction of sp³-hybridized carbons (Fsp3) is 0.154. The van der Waals surface area contributed by atoms with E-state index in [-0.39, 0.29) is 17.0 Å². The maximum Gasteiger partial charge on any atom is 0.311 e. The van der Waals surface area contributed by atoms with Crippen molar-refractivity contribution in [2.45, 2.75) is 6.42 Å². The van der Waals surface area contributed by atoms with Crippen LogP contribution in [0.5, 0.6) is 0 Å². The summed E-state index contributed by atoms with van der Waals surface area (Å²) in [6, 6.07) is 3.49. The number of thiazole rings is 1. The van der Waals surface area contributed by atoms with E-state index in [1.807, 2.05) is 0 Å². The van der Waals surface area contributed by atoms with E-state index in [4.69, 9.17) is 11.6 Å². The predicted molar refractivity (Wildman–Crippen MR) is 77.2 cm³/mol. The summed E-state index contributed by atoms with van der Waals surface area (Å²) in [5, 5.41) is 4.51. The number of ether oxygens (including phenoxy) is 1. The lowest BCUT2D eigenvalue weighted by Gasteiger charge is -2.03. The van der Waals surface area contributed by atoms with Crippen molar-refractivity contribution in [1.29, 1.82) is 0 Å². The van der Waals surface area contributed by atoms with Gasteiger partial charge in [-0.1, -0.05) is 11.6 Å². The number of aromatic nitrogens is 1. The molecule has 0 atom stereocenters. The SMILES string of the molecule is COC(=O)Cc1csc(NC(=O)c2ccc(F)cc2Cl)n1. The molecule has 5 nitrogen and oxygen atoms in total. The molecule has 0 unspecified atom stereocenters. The Bertz CT molecular complexity index is 690. The van der Waals surface area contributed by atoms with Gasteiger partial charge < -0.3 is 4.74 Å². The molecule has 0 bridgehead atoms. The molecule has 0 aliphatic rings. The van der Waals surface area contributed by atoms with Crippen LogP contribution in [0.25, 0.3) is 0 Å². The Balaban J connectivity index is 2.07. The van der Waals surface area contributed by atoms with Crippen molar-refractivity contribution in [2.75, 3.05) is 12.4 Å². The van der Waals surface area contributed by atoms with Crippen molar-refractivity contribution >= 4 is 39.9 Å². The first-order chi connectivity index (χ1) is 9.99. The minimum absolute atomic E-state index is 0.0128. The first kappa shape index (κ1) is 15.4. The van der Waals surface area contributed by atoms with Crippen LogP contribution in [0.1, 0.15) is 16.1 Å². The number of methoxy groups -OCH3 is 1. The molecule has 0 saturated heterocycles. The highest BCUT2D eigenvalue weighted by Gasteiger charge is 2.14. The van der Waals surface area contributed by atoms with Gasteiger partial charge in [0.1, 0.15) is 5.82 Å². The van der Waals surface area contributed by atoms with Gasteiger partial charge in [0.2, 0.25) is 0 Å². The summed E-state index contributed by atoms with van der Waals surface area (Å²) in [5.74, 6) is -1.44.